The summed E-state index contributed by atoms with van der Waals surface area (Å²) in [6.45, 7) is 4.19. The van der Waals surface area contributed by atoms with Crippen LogP contribution >= 0.6 is 11.6 Å². The van der Waals surface area contributed by atoms with Crippen LogP contribution in [0.25, 0.3) is 10.9 Å². The van der Waals surface area contributed by atoms with E-state index in [1.807, 2.05) is 25.1 Å². The largest absolute Gasteiger partial charge is 0.396 e. The second-order valence-corrected chi connectivity index (χ2v) is 10.5. The van der Waals surface area contributed by atoms with Crippen LogP contribution in [0, 0.1) is 22.6 Å². The number of anilines is 2. The molecule has 0 bridgehead atoms. The highest BCUT2D eigenvalue weighted by molar-refractivity contribution is 6.35. The van der Waals surface area contributed by atoms with Gasteiger partial charge in [0.1, 0.15) is 11.9 Å². The van der Waals surface area contributed by atoms with Crippen LogP contribution < -0.4 is 21.6 Å². The zero-order valence-electron chi connectivity index (χ0n) is 21.6. The van der Waals surface area contributed by atoms with Crippen molar-refractivity contribution in [3.8, 4) is 6.07 Å². The number of aliphatic hydroxyl groups excluding tert-OH is 1. The number of nitriles is 1. The maximum Gasteiger partial charge on any atom is 0.123 e. The van der Waals surface area contributed by atoms with Gasteiger partial charge in [0.25, 0.3) is 0 Å². The lowest BCUT2D eigenvalue weighted by Gasteiger charge is -2.24. The number of hydrogen-bond donors (Lipinski definition) is 5. The van der Waals surface area contributed by atoms with Crippen LogP contribution in [-0.2, 0) is 0 Å². The highest BCUT2D eigenvalue weighted by Crippen LogP contribution is 2.37. The molecule has 5 N–H and O–H groups in total. The van der Waals surface area contributed by atoms with Crippen molar-refractivity contribution < 1.29 is 10.9 Å². The molecule has 192 valence electrons. The van der Waals surface area contributed by atoms with Crippen molar-refractivity contribution >= 4 is 33.9 Å². The van der Waals surface area contributed by atoms with Gasteiger partial charge >= 0.3 is 0 Å². The van der Waals surface area contributed by atoms with Gasteiger partial charge in [-0.1, -0.05) is 37.6 Å². The molecule has 3 aromatic rings. The van der Waals surface area contributed by atoms with Crippen LogP contribution in [0.4, 0.5) is 15.8 Å². The summed E-state index contributed by atoms with van der Waals surface area (Å²) in [5.41, 5.74) is 8.69. The number of aromatic nitrogens is 1. The van der Waals surface area contributed by atoms with Gasteiger partial charge in [-0.2, -0.15) is 5.26 Å². The SMILES string of the molecule is [2H][C@@](Nc1cc(Cl)c2ncc(C#N)c(NCC(C)(C)CO)c2c1)(C1=CN(C2CC2)NN1)c1ccc(F)cc1. The summed E-state index contributed by atoms with van der Waals surface area (Å²) in [6.07, 6.45) is 5.44. The van der Waals surface area contributed by atoms with Gasteiger partial charge in [0.2, 0.25) is 0 Å². The monoisotopic (exact) mass is 522 g/mol. The molecular formula is C27H29ClFN7O. The van der Waals surface area contributed by atoms with Gasteiger partial charge < -0.3 is 21.2 Å². The van der Waals surface area contributed by atoms with E-state index in [1.165, 1.54) is 18.3 Å². The summed E-state index contributed by atoms with van der Waals surface area (Å²) in [6, 6.07) is 10.2. The van der Waals surface area contributed by atoms with Crippen LogP contribution in [0.5, 0.6) is 0 Å². The molecule has 0 radical (unpaired) electrons. The number of pyridine rings is 1. The zero-order valence-corrected chi connectivity index (χ0v) is 21.3. The normalized spacial score (nSPS) is 17.5. The van der Waals surface area contributed by atoms with Gasteiger partial charge in [-0.25, -0.2) is 4.39 Å². The Morgan fingerprint density at radius 2 is 2.11 bits per heavy atom. The lowest BCUT2D eigenvalue weighted by atomic mass is 9.94. The third-order valence-electron chi connectivity index (χ3n) is 6.42. The Balaban J connectivity index is 1.59. The number of hydrogen-bond acceptors (Lipinski definition) is 8. The molecule has 0 saturated heterocycles. The van der Waals surface area contributed by atoms with Crippen molar-refractivity contribution in [3.63, 3.8) is 0 Å². The molecule has 1 fully saturated rings. The van der Waals surface area contributed by atoms with Crippen molar-refractivity contribution in [2.75, 3.05) is 23.8 Å². The fourth-order valence-corrected chi connectivity index (χ4v) is 4.32. The first-order valence-corrected chi connectivity index (χ1v) is 12.4. The predicted octanol–water partition coefficient (Wildman–Crippen LogP) is 4.81. The van der Waals surface area contributed by atoms with E-state index in [0.29, 0.717) is 56.7 Å². The first-order valence-electron chi connectivity index (χ1n) is 12.6. The molecule has 2 aromatic carbocycles. The molecule has 1 aromatic heterocycles. The molecular weight excluding hydrogens is 493 g/mol. The van der Waals surface area contributed by atoms with Crippen molar-refractivity contribution in [1.29, 1.82) is 5.26 Å². The smallest absolute Gasteiger partial charge is 0.123 e. The number of benzene rings is 2. The van der Waals surface area contributed by atoms with Gasteiger partial charge in [-0.05, 0) is 42.7 Å². The van der Waals surface area contributed by atoms with Crippen LogP contribution in [0.1, 0.15) is 45.2 Å². The minimum atomic E-state index is -1.53. The van der Waals surface area contributed by atoms with Crippen LogP contribution in [-0.4, -0.2) is 34.3 Å². The third kappa shape index (κ3) is 5.42. The number of nitrogens with zero attached hydrogens (tertiary/aromatic N) is 3. The van der Waals surface area contributed by atoms with E-state index in [-0.39, 0.29) is 6.61 Å². The Bertz CT molecular complexity index is 1440. The van der Waals surface area contributed by atoms with Gasteiger partial charge in [0.15, 0.2) is 0 Å². The molecule has 1 saturated carbocycles. The summed E-state index contributed by atoms with van der Waals surface area (Å²) in [5.74, 6) is -0.396. The summed E-state index contributed by atoms with van der Waals surface area (Å²) in [5, 5.41) is 28.9. The van der Waals surface area contributed by atoms with E-state index >= 15 is 0 Å². The van der Waals surface area contributed by atoms with E-state index in [0.717, 1.165) is 12.8 Å². The molecule has 1 aliphatic heterocycles. The Morgan fingerprint density at radius 3 is 2.78 bits per heavy atom. The number of nitrogens with one attached hydrogen (secondary N) is 4. The molecule has 2 heterocycles. The van der Waals surface area contributed by atoms with Crippen LogP contribution in [0.3, 0.4) is 0 Å². The lowest BCUT2D eigenvalue weighted by Crippen LogP contribution is -2.38. The summed E-state index contributed by atoms with van der Waals surface area (Å²) in [7, 11) is 0. The second-order valence-electron chi connectivity index (χ2n) is 10.1. The summed E-state index contributed by atoms with van der Waals surface area (Å²) in [4.78, 5) is 4.40. The highest BCUT2D eigenvalue weighted by Gasteiger charge is 2.32. The molecule has 0 amide bonds. The molecule has 10 heteroatoms. The third-order valence-corrected chi connectivity index (χ3v) is 6.70. The van der Waals surface area contributed by atoms with Gasteiger partial charge in [0, 0.05) is 48.1 Å². The fraction of sp³-hybridized carbons (Fsp3) is 0.333. The molecule has 2 aliphatic rings. The molecule has 0 unspecified atom stereocenters. The lowest BCUT2D eigenvalue weighted by molar-refractivity contribution is 0.171. The Kier molecular flexibility index (Phi) is 6.47. The highest BCUT2D eigenvalue weighted by atomic mass is 35.5. The number of hydrazine groups is 2. The van der Waals surface area contributed by atoms with E-state index in [4.69, 9.17) is 11.6 Å². The number of fused-ring (bicyclic) bond motifs is 1. The minimum absolute atomic E-state index is 0.0362. The Labute approximate surface area is 221 Å². The molecule has 37 heavy (non-hydrogen) atoms. The predicted molar refractivity (Wildman–Crippen MR) is 143 cm³/mol. The number of halogens is 2. The molecule has 8 nitrogen and oxygen atoms in total. The Hall–Kier alpha value is -3.58. The van der Waals surface area contributed by atoms with Crippen molar-refractivity contribution in [2.45, 2.75) is 38.7 Å². The van der Waals surface area contributed by atoms with Crippen molar-refractivity contribution in [2.24, 2.45) is 5.41 Å². The van der Waals surface area contributed by atoms with E-state index < -0.39 is 17.3 Å². The fourth-order valence-electron chi connectivity index (χ4n) is 4.05. The topological polar surface area (TPSA) is 108 Å². The van der Waals surface area contributed by atoms with Crippen LogP contribution in [0.15, 0.2) is 54.5 Å². The van der Waals surface area contributed by atoms with Crippen molar-refractivity contribution in [1.82, 2.24) is 21.0 Å². The number of aliphatic hydroxyl groups is 1. The maximum absolute atomic E-state index is 13.8. The van der Waals surface area contributed by atoms with Crippen LogP contribution in [0.2, 0.25) is 5.02 Å². The molecule has 1 aliphatic carbocycles. The van der Waals surface area contributed by atoms with Gasteiger partial charge in [-0.3, -0.25) is 9.99 Å². The standard InChI is InChI=1S/C27H29ClFN7O/c1-27(2,15-37)14-32-24-17(11-30)12-31-26-21(24)9-19(10-22(26)28)33-25(16-3-5-18(29)6-4-16)23-13-36(35-34-23)20-7-8-20/h3-6,9-10,12-13,20,25,33-35,37H,7-8,14-15H2,1-2H3,(H,31,32)/t25-/m0/s1/i25D. The van der Waals surface area contributed by atoms with Gasteiger partial charge in [-0.15, -0.1) is 5.53 Å². The first-order chi connectivity index (χ1) is 18.1. The molecule has 5 rings (SSSR count). The minimum Gasteiger partial charge on any atom is -0.396 e. The van der Waals surface area contributed by atoms with E-state index in [9.17, 15) is 16.1 Å². The second kappa shape index (κ2) is 10.1. The summed E-state index contributed by atoms with van der Waals surface area (Å²) < 4.78 is 23.3. The zero-order chi connectivity index (χ0) is 27.1. The molecule has 1 atom stereocenters. The quantitative estimate of drug-likeness (QED) is 0.272. The van der Waals surface area contributed by atoms with E-state index in [1.54, 1.807) is 24.3 Å². The Morgan fingerprint density at radius 1 is 1.35 bits per heavy atom. The number of rotatable bonds is 9. The van der Waals surface area contributed by atoms with Gasteiger partial charge in [0.05, 0.1) is 34.9 Å². The average Bonchev–Trinajstić information content (AvgIpc) is 3.63. The summed E-state index contributed by atoms with van der Waals surface area (Å²) >= 11 is 6.66. The average molecular weight is 523 g/mol. The van der Waals surface area contributed by atoms with E-state index in [2.05, 4.69) is 32.6 Å². The molecule has 0 spiro atoms. The first kappa shape index (κ1) is 23.8. The van der Waals surface area contributed by atoms with Crippen molar-refractivity contribution in [3.05, 3.63) is 76.5 Å². The maximum atomic E-state index is 13.8.